The highest BCUT2D eigenvalue weighted by atomic mass is 16.1. The topological polar surface area (TPSA) is 93.8 Å². The average Bonchev–Trinajstić information content (AvgIpc) is 2.13. The fourth-order valence-corrected chi connectivity index (χ4v) is 0.628. The molecule has 62 valence electrons. The van der Waals surface area contributed by atoms with Crippen molar-refractivity contribution in [3.8, 4) is 0 Å². The van der Waals surface area contributed by atoms with E-state index in [-0.39, 0.29) is 13.2 Å². The van der Waals surface area contributed by atoms with Gasteiger partial charge >= 0.3 is 0 Å². The van der Waals surface area contributed by atoms with Crippen LogP contribution in [0.4, 0.5) is 0 Å². The molecule has 1 aliphatic heterocycles. The third kappa shape index (κ3) is 1.54. The Labute approximate surface area is 65.2 Å². The lowest BCUT2D eigenvalue weighted by Crippen LogP contribution is -2.36. The van der Waals surface area contributed by atoms with Gasteiger partial charge in [-0.3, -0.25) is 4.79 Å². The third-order valence-electron chi connectivity index (χ3n) is 1.30. The number of carbonyl (C=O) groups is 1. The van der Waals surface area contributed by atoms with Crippen LogP contribution in [0.3, 0.4) is 0 Å². The first-order valence-corrected chi connectivity index (χ1v) is 2.76. The summed E-state index contributed by atoms with van der Waals surface area (Å²) in [4.78, 5) is 10.6. The maximum Gasteiger partial charge on any atom is 0.251 e. The number of carbonyl (C=O) groups excluding carboxylic acids is 1. The number of hydrogen-bond acceptors (Lipinski definition) is 4. The summed E-state index contributed by atoms with van der Waals surface area (Å²) in [5.74, 6) is -0.307. The van der Waals surface area contributed by atoms with Crippen molar-refractivity contribution in [3.05, 3.63) is 11.9 Å². The van der Waals surface area contributed by atoms with Crippen LogP contribution in [0.25, 0.3) is 0 Å². The molecule has 0 radical (unpaired) electrons. The van der Waals surface area contributed by atoms with Gasteiger partial charge in [-0.1, -0.05) is 7.43 Å². The number of amides is 1. The minimum Gasteiger partial charge on any atom is -0.382 e. The molecule has 5 heteroatoms. The molecule has 0 saturated heterocycles. The summed E-state index contributed by atoms with van der Waals surface area (Å²) >= 11 is 0. The summed E-state index contributed by atoms with van der Waals surface area (Å²) in [6, 6.07) is 0. The summed E-state index contributed by atoms with van der Waals surface area (Å²) in [5, 5.41) is 7.05. The van der Waals surface area contributed by atoms with Crippen LogP contribution in [0, 0.1) is 0 Å². The zero-order chi connectivity index (χ0) is 7.78. The molecule has 4 N–H and O–H groups in total. The number of nitrogens with two attached hydrogens (primary N) is 2. The van der Waals surface area contributed by atoms with Crippen molar-refractivity contribution in [1.82, 2.24) is 0 Å². The van der Waals surface area contributed by atoms with Crippen LogP contribution in [-0.2, 0) is 4.79 Å². The number of azo groups is 1. The number of nitrogens with zero attached hydrogens (tertiary/aromatic N) is 2. The van der Waals surface area contributed by atoms with Gasteiger partial charge in [-0.15, -0.1) is 5.11 Å². The van der Waals surface area contributed by atoms with Crippen LogP contribution in [0.1, 0.15) is 14.4 Å². The van der Waals surface area contributed by atoms with Crippen LogP contribution < -0.4 is 11.5 Å². The number of hydrogen-bond donors (Lipinski definition) is 2. The van der Waals surface area contributed by atoms with Crippen LogP contribution in [0.5, 0.6) is 0 Å². The van der Waals surface area contributed by atoms with Gasteiger partial charge in [0.15, 0.2) is 5.54 Å². The van der Waals surface area contributed by atoms with Crippen molar-refractivity contribution >= 4 is 5.91 Å². The van der Waals surface area contributed by atoms with Crippen LogP contribution in [0.2, 0.25) is 0 Å². The van der Waals surface area contributed by atoms with E-state index in [1.807, 2.05) is 0 Å². The molecule has 1 heterocycles. The maximum absolute atomic E-state index is 10.6. The molecule has 0 aromatic rings. The van der Waals surface area contributed by atoms with Gasteiger partial charge in [0.1, 0.15) is 5.82 Å². The normalized spacial score (nSPS) is 27.5. The molecule has 0 saturated carbocycles. The third-order valence-corrected chi connectivity index (χ3v) is 1.30. The van der Waals surface area contributed by atoms with Gasteiger partial charge in [-0.2, -0.15) is 5.11 Å². The Balaban J connectivity index is 0.000001000. The lowest BCUT2D eigenvalue weighted by atomic mass is 10.0. The Morgan fingerprint density at radius 2 is 2.27 bits per heavy atom. The van der Waals surface area contributed by atoms with Gasteiger partial charge in [0.25, 0.3) is 5.91 Å². The van der Waals surface area contributed by atoms with E-state index >= 15 is 0 Å². The second-order valence-electron chi connectivity index (χ2n) is 2.28. The molecule has 0 aliphatic carbocycles. The Morgan fingerprint density at radius 3 is 2.45 bits per heavy atom. The molecule has 0 spiro atoms. The predicted molar refractivity (Wildman–Crippen MR) is 41.5 cm³/mol. The highest BCUT2D eigenvalue weighted by Gasteiger charge is 2.32. The summed E-state index contributed by atoms with van der Waals surface area (Å²) in [6.45, 7) is 1.55. The van der Waals surface area contributed by atoms with Gasteiger partial charge < -0.3 is 11.5 Å². The highest BCUT2D eigenvalue weighted by Crippen LogP contribution is 2.19. The summed E-state index contributed by atoms with van der Waals surface area (Å²) < 4.78 is 0. The van der Waals surface area contributed by atoms with E-state index in [2.05, 4.69) is 10.2 Å². The van der Waals surface area contributed by atoms with Crippen molar-refractivity contribution in [2.75, 3.05) is 0 Å². The monoisotopic (exact) mass is 156 g/mol. The molecule has 1 atom stereocenters. The zero-order valence-corrected chi connectivity index (χ0v) is 5.53. The fraction of sp³-hybridized carbons (Fsp3) is 0.500. The number of primary amides is 1. The van der Waals surface area contributed by atoms with E-state index in [1.165, 1.54) is 6.08 Å². The molecule has 1 rings (SSSR count). The molecular weight excluding hydrogens is 144 g/mol. The molecule has 1 aliphatic rings. The van der Waals surface area contributed by atoms with Crippen molar-refractivity contribution in [2.24, 2.45) is 21.7 Å². The summed E-state index contributed by atoms with van der Waals surface area (Å²) in [7, 11) is 0. The summed E-state index contributed by atoms with van der Waals surface area (Å²) in [5.41, 5.74) is 9.22. The van der Waals surface area contributed by atoms with E-state index in [4.69, 9.17) is 11.5 Å². The second-order valence-corrected chi connectivity index (χ2v) is 2.28. The first-order chi connectivity index (χ1) is 4.54. The largest absolute Gasteiger partial charge is 0.382 e. The minimum atomic E-state index is -1.02. The van der Waals surface area contributed by atoms with Gasteiger partial charge in [0.2, 0.25) is 0 Å². The molecule has 0 bridgehead atoms. The van der Waals surface area contributed by atoms with E-state index in [1.54, 1.807) is 6.92 Å². The Morgan fingerprint density at radius 1 is 1.73 bits per heavy atom. The van der Waals surface area contributed by atoms with E-state index < -0.39 is 11.4 Å². The highest BCUT2D eigenvalue weighted by molar-refractivity contribution is 5.87. The maximum atomic E-state index is 10.6. The number of rotatable bonds is 1. The lowest BCUT2D eigenvalue weighted by Gasteiger charge is -2.08. The van der Waals surface area contributed by atoms with Gasteiger partial charge in [0.05, 0.1) is 0 Å². The quantitative estimate of drug-likeness (QED) is 0.564. The van der Waals surface area contributed by atoms with Crippen molar-refractivity contribution in [3.63, 3.8) is 0 Å². The molecule has 1 unspecified atom stereocenters. The van der Waals surface area contributed by atoms with E-state index in [0.29, 0.717) is 0 Å². The van der Waals surface area contributed by atoms with Crippen molar-refractivity contribution < 1.29 is 4.79 Å². The Kier molecular flexibility index (Phi) is 2.35. The van der Waals surface area contributed by atoms with Crippen molar-refractivity contribution in [2.45, 2.75) is 19.9 Å². The van der Waals surface area contributed by atoms with Crippen LogP contribution in [0.15, 0.2) is 22.1 Å². The van der Waals surface area contributed by atoms with E-state index in [0.717, 1.165) is 0 Å². The smallest absolute Gasteiger partial charge is 0.251 e. The van der Waals surface area contributed by atoms with Gasteiger partial charge in [0, 0.05) is 0 Å². The molecule has 0 fully saturated rings. The summed E-state index contributed by atoms with van der Waals surface area (Å²) in [6.07, 6.45) is 1.43. The predicted octanol–water partition coefficient (Wildman–Crippen LogP) is 0.132. The average molecular weight is 156 g/mol. The Hall–Kier alpha value is -1.39. The zero-order valence-electron chi connectivity index (χ0n) is 5.53. The second kappa shape index (κ2) is 2.69. The van der Waals surface area contributed by atoms with E-state index in [9.17, 15) is 4.79 Å². The Bertz CT molecular complexity index is 233. The molecular formula is C6H12N4O. The van der Waals surface area contributed by atoms with Gasteiger partial charge in [-0.05, 0) is 13.0 Å². The fourth-order valence-electron chi connectivity index (χ4n) is 0.628. The molecule has 0 aromatic heterocycles. The molecule has 0 aromatic carbocycles. The molecule has 11 heavy (non-hydrogen) atoms. The standard InChI is InChI=1S/C5H8N4O.CH4/c1-5(4(7)10)2-3(6)8-9-5;/h2H,6H2,1H3,(H2,7,10);1H4. The SMILES string of the molecule is C.CC1(C(N)=O)C=C(N)N=N1. The van der Waals surface area contributed by atoms with Gasteiger partial charge in [-0.25, -0.2) is 0 Å². The first kappa shape index (κ1) is 9.61. The van der Waals surface area contributed by atoms with Crippen LogP contribution >= 0.6 is 0 Å². The van der Waals surface area contributed by atoms with Crippen LogP contribution in [-0.4, -0.2) is 11.4 Å². The molecule has 1 amide bonds. The van der Waals surface area contributed by atoms with Crippen molar-refractivity contribution in [1.29, 1.82) is 0 Å². The molecule has 5 nitrogen and oxygen atoms in total. The lowest BCUT2D eigenvalue weighted by molar-refractivity contribution is -0.121. The first-order valence-electron chi connectivity index (χ1n) is 2.76. The minimum absolute atomic E-state index is 0.